The van der Waals surface area contributed by atoms with E-state index in [2.05, 4.69) is 5.32 Å². The summed E-state index contributed by atoms with van der Waals surface area (Å²) in [5.74, 6) is -0.795. The molecule has 1 aromatic carbocycles. The van der Waals surface area contributed by atoms with Crippen LogP contribution in [-0.2, 0) is 16.0 Å². The van der Waals surface area contributed by atoms with Crippen LogP contribution >= 0.6 is 0 Å². The summed E-state index contributed by atoms with van der Waals surface area (Å²) in [5, 5.41) is 13.8. The molecular formula is C21H26NO6-. The van der Waals surface area contributed by atoms with Gasteiger partial charge >= 0.3 is 5.63 Å². The van der Waals surface area contributed by atoms with Gasteiger partial charge in [-0.05, 0) is 55.9 Å². The number of rotatable bonds is 11. The third-order valence-electron chi connectivity index (χ3n) is 4.29. The van der Waals surface area contributed by atoms with E-state index >= 15 is 0 Å². The van der Waals surface area contributed by atoms with Crippen LogP contribution in [-0.4, -0.2) is 25.0 Å². The Labute approximate surface area is 163 Å². The molecule has 28 heavy (non-hydrogen) atoms. The molecule has 0 atom stereocenters. The lowest BCUT2D eigenvalue weighted by Gasteiger charge is -2.13. The molecule has 1 heterocycles. The highest BCUT2D eigenvalue weighted by Gasteiger charge is 2.13. The first-order valence-corrected chi connectivity index (χ1v) is 9.57. The van der Waals surface area contributed by atoms with Crippen LogP contribution in [0.1, 0.15) is 50.2 Å². The summed E-state index contributed by atoms with van der Waals surface area (Å²) < 4.78 is 11.1. The van der Waals surface area contributed by atoms with E-state index in [0.717, 1.165) is 22.9 Å². The zero-order valence-corrected chi connectivity index (χ0v) is 16.3. The number of amides is 1. The topological polar surface area (TPSA) is 109 Å². The number of ether oxygens (including phenoxy) is 1. The predicted octanol–water partition coefficient (Wildman–Crippen LogP) is 1.86. The normalized spacial score (nSPS) is 10.8. The molecule has 2 rings (SSSR count). The number of nitrogens with one attached hydrogen (secondary N) is 1. The Kier molecular flexibility index (Phi) is 8.04. The zero-order chi connectivity index (χ0) is 20.5. The Balaban J connectivity index is 1.99. The lowest BCUT2D eigenvalue weighted by atomic mass is 10.0. The van der Waals surface area contributed by atoms with Crippen molar-refractivity contribution < 1.29 is 23.8 Å². The minimum absolute atomic E-state index is 0.0354. The van der Waals surface area contributed by atoms with Crippen LogP contribution in [0.4, 0.5) is 0 Å². The molecule has 0 aliphatic heterocycles. The largest absolute Gasteiger partial charge is 0.550 e. The zero-order valence-electron chi connectivity index (χ0n) is 16.3. The standard InChI is InChI=1S/C21H27NO6/c1-3-7-15-12-20(26)28-17-11-14(2)10-16(21(15)17)27-13-18(23)22-9-6-4-5-8-19(24)25/h10-12H,3-9,13H2,1-2H3,(H,22,23)(H,24,25)/p-1. The summed E-state index contributed by atoms with van der Waals surface area (Å²) >= 11 is 0. The minimum atomic E-state index is -1.05. The molecule has 0 aliphatic rings. The Morgan fingerprint density at radius 3 is 2.68 bits per heavy atom. The second-order valence-electron chi connectivity index (χ2n) is 6.80. The SMILES string of the molecule is CCCc1cc(=O)oc2cc(C)cc(OCC(=O)NCCCCCC(=O)[O-])c12. The van der Waals surface area contributed by atoms with Crippen LogP contribution in [0.25, 0.3) is 11.0 Å². The molecule has 1 N–H and O–H groups in total. The predicted molar refractivity (Wildman–Crippen MR) is 103 cm³/mol. The summed E-state index contributed by atoms with van der Waals surface area (Å²) in [7, 11) is 0. The molecule has 7 heteroatoms. The quantitative estimate of drug-likeness (QED) is 0.465. The maximum atomic E-state index is 12.0. The molecule has 7 nitrogen and oxygen atoms in total. The molecule has 0 saturated heterocycles. The first-order chi connectivity index (χ1) is 13.4. The minimum Gasteiger partial charge on any atom is -0.550 e. The Bertz CT molecular complexity index is 886. The van der Waals surface area contributed by atoms with Gasteiger partial charge in [-0.25, -0.2) is 4.79 Å². The van der Waals surface area contributed by atoms with E-state index in [1.54, 1.807) is 6.07 Å². The van der Waals surface area contributed by atoms with Gasteiger partial charge in [-0.3, -0.25) is 4.79 Å². The second-order valence-corrected chi connectivity index (χ2v) is 6.80. The van der Waals surface area contributed by atoms with Gasteiger partial charge in [0.1, 0.15) is 11.3 Å². The lowest BCUT2D eigenvalue weighted by Crippen LogP contribution is -2.29. The highest BCUT2D eigenvalue weighted by atomic mass is 16.5. The molecule has 0 aliphatic carbocycles. The van der Waals surface area contributed by atoms with Crippen molar-refractivity contribution in [3.63, 3.8) is 0 Å². The van der Waals surface area contributed by atoms with Gasteiger partial charge < -0.3 is 24.4 Å². The van der Waals surface area contributed by atoms with Gasteiger partial charge in [0.15, 0.2) is 6.61 Å². The molecule has 1 aromatic heterocycles. The fraction of sp³-hybridized carbons (Fsp3) is 0.476. The van der Waals surface area contributed by atoms with Crippen LogP contribution in [0.5, 0.6) is 5.75 Å². The van der Waals surface area contributed by atoms with Gasteiger partial charge in [-0.1, -0.05) is 19.8 Å². The maximum absolute atomic E-state index is 12.0. The third kappa shape index (κ3) is 6.40. The third-order valence-corrected chi connectivity index (χ3v) is 4.29. The van der Waals surface area contributed by atoms with Gasteiger partial charge in [0.25, 0.3) is 5.91 Å². The molecule has 1 amide bonds. The van der Waals surface area contributed by atoms with Gasteiger partial charge in [0, 0.05) is 18.6 Å². The van der Waals surface area contributed by atoms with Crippen molar-refractivity contribution in [1.82, 2.24) is 5.32 Å². The van der Waals surface area contributed by atoms with Crippen molar-refractivity contribution in [2.75, 3.05) is 13.2 Å². The number of carboxylic acid groups (broad SMARTS) is 1. The molecule has 0 radical (unpaired) electrons. The van der Waals surface area contributed by atoms with E-state index < -0.39 is 11.6 Å². The number of carbonyl (C=O) groups is 2. The Morgan fingerprint density at radius 1 is 1.18 bits per heavy atom. The summed E-state index contributed by atoms with van der Waals surface area (Å²) in [5.41, 5.74) is 1.77. The van der Waals surface area contributed by atoms with E-state index in [1.807, 2.05) is 19.9 Å². The molecule has 152 valence electrons. The molecule has 0 saturated carbocycles. The van der Waals surface area contributed by atoms with Crippen molar-refractivity contribution in [2.24, 2.45) is 0 Å². The number of benzene rings is 1. The van der Waals surface area contributed by atoms with E-state index in [9.17, 15) is 19.5 Å². The van der Waals surface area contributed by atoms with E-state index in [1.165, 1.54) is 6.07 Å². The fourth-order valence-corrected chi connectivity index (χ4v) is 3.04. The van der Waals surface area contributed by atoms with Crippen LogP contribution < -0.4 is 20.8 Å². The van der Waals surface area contributed by atoms with Crippen molar-refractivity contribution in [3.05, 3.63) is 39.7 Å². The van der Waals surface area contributed by atoms with Crippen molar-refractivity contribution >= 4 is 22.8 Å². The van der Waals surface area contributed by atoms with Crippen LogP contribution in [0.3, 0.4) is 0 Å². The number of hydrogen-bond acceptors (Lipinski definition) is 6. The summed E-state index contributed by atoms with van der Waals surface area (Å²) in [6, 6.07) is 5.09. The molecular weight excluding hydrogens is 362 g/mol. The summed E-state index contributed by atoms with van der Waals surface area (Å²) in [4.78, 5) is 34.2. The Hall–Kier alpha value is -2.83. The second kappa shape index (κ2) is 10.5. The summed E-state index contributed by atoms with van der Waals surface area (Å²) in [6.07, 6.45) is 3.54. The number of fused-ring (bicyclic) bond motifs is 1. The maximum Gasteiger partial charge on any atom is 0.336 e. The summed E-state index contributed by atoms with van der Waals surface area (Å²) in [6.45, 7) is 4.20. The average Bonchev–Trinajstić information content (AvgIpc) is 2.61. The number of aliphatic carboxylic acids is 1. The van der Waals surface area contributed by atoms with Crippen molar-refractivity contribution in [1.29, 1.82) is 0 Å². The highest BCUT2D eigenvalue weighted by molar-refractivity contribution is 5.88. The van der Waals surface area contributed by atoms with E-state index in [0.29, 0.717) is 43.6 Å². The Morgan fingerprint density at radius 2 is 1.96 bits per heavy atom. The van der Waals surface area contributed by atoms with E-state index in [-0.39, 0.29) is 18.9 Å². The van der Waals surface area contributed by atoms with E-state index in [4.69, 9.17) is 9.15 Å². The molecule has 0 spiro atoms. The number of hydrogen-bond donors (Lipinski definition) is 1. The number of carboxylic acids is 1. The van der Waals surface area contributed by atoms with Crippen LogP contribution in [0, 0.1) is 6.92 Å². The first kappa shape index (κ1) is 21.5. The van der Waals surface area contributed by atoms with Crippen molar-refractivity contribution in [3.8, 4) is 5.75 Å². The average molecular weight is 388 g/mol. The smallest absolute Gasteiger partial charge is 0.336 e. The lowest BCUT2D eigenvalue weighted by molar-refractivity contribution is -0.305. The monoisotopic (exact) mass is 388 g/mol. The number of carbonyl (C=O) groups excluding carboxylic acids is 2. The van der Waals surface area contributed by atoms with Crippen LogP contribution in [0.15, 0.2) is 27.4 Å². The molecule has 0 fully saturated rings. The first-order valence-electron chi connectivity index (χ1n) is 9.57. The molecule has 0 bridgehead atoms. The highest BCUT2D eigenvalue weighted by Crippen LogP contribution is 2.30. The fourth-order valence-electron chi connectivity index (χ4n) is 3.04. The van der Waals surface area contributed by atoms with Crippen molar-refractivity contribution in [2.45, 2.75) is 52.4 Å². The van der Waals surface area contributed by atoms with Gasteiger partial charge in [0.05, 0.1) is 5.39 Å². The molecule has 0 unspecified atom stereocenters. The number of aryl methyl sites for hydroxylation is 2. The van der Waals surface area contributed by atoms with Crippen LogP contribution in [0.2, 0.25) is 0 Å². The van der Waals surface area contributed by atoms with Gasteiger partial charge in [-0.2, -0.15) is 0 Å². The van der Waals surface area contributed by atoms with Gasteiger partial charge in [0.2, 0.25) is 0 Å². The van der Waals surface area contributed by atoms with Gasteiger partial charge in [-0.15, -0.1) is 0 Å². The number of unbranched alkanes of at least 4 members (excludes halogenated alkanes) is 2. The molecule has 2 aromatic rings.